The third kappa shape index (κ3) is 7.43. The van der Waals surface area contributed by atoms with Crippen LogP contribution in [-0.2, 0) is 24.4 Å². The molecule has 3 fully saturated rings. The highest BCUT2D eigenvalue weighted by Crippen LogP contribution is 2.46. The molecule has 0 saturated heterocycles. The highest BCUT2D eigenvalue weighted by molar-refractivity contribution is 7.91. The minimum absolute atomic E-state index is 0.182. The molecule has 2 N–H and O–H groups in total. The molecule has 1 aromatic carbocycles. The van der Waals surface area contributed by atoms with Gasteiger partial charge in [0.15, 0.2) is 5.82 Å². The van der Waals surface area contributed by atoms with Crippen molar-refractivity contribution in [3.63, 3.8) is 0 Å². The number of amides is 3. The molecule has 5 atom stereocenters. The molecule has 240 valence electrons. The van der Waals surface area contributed by atoms with Gasteiger partial charge >= 0.3 is 0 Å². The van der Waals surface area contributed by atoms with Crippen LogP contribution < -0.4 is 14.8 Å². The maximum absolute atomic E-state index is 13.9. The zero-order valence-corrected chi connectivity index (χ0v) is 26.4. The summed E-state index contributed by atoms with van der Waals surface area (Å²) in [6, 6.07) is 11.1. The van der Waals surface area contributed by atoms with E-state index in [4.69, 9.17) is 4.74 Å². The lowest BCUT2D eigenvalue weighted by Crippen LogP contribution is -2.54. The zero-order chi connectivity index (χ0) is 32.2. The van der Waals surface area contributed by atoms with Crippen molar-refractivity contribution in [3.05, 3.63) is 67.9 Å². The van der Waals surface area contributed by atoms with E-state index >= 15 is 0 Å². The Balaban J connectivity index is 1.33. The second-order valence-corrected chi connectivity index (χ2v) is 14.2. The standard InChI is InChI=1S/C33H41N5O6S/c1-4-6-7-11-18-38(3)31(40)27-20-24(44-28-16-17-34-29(35-28)22-12-9-8-10-13-22)19-26(27)30(39)36-33(21-23(33)5-2)32(41)37-45(42,43)25-14-15-25/h4-5,8-10,12-13,16-17,23-27H,1-2,6-7,11,14-15,18-21H2,3H3,(H,36,39)(H,37,41). The Hall–Kier alpha value is -4.06. The number of aromatic nitrogens is 2. The highest BCUT2D eigenvalue weighted by atomic mass is 32.2. The number of rotatable bonds is 15. The molecular formula is C33H41N5O6S. The summed E-state index contributed by atoms with van der Waals surface area (Å²) in [5.74, 6) is -2.55. The monoisotopic (exact) mass is 635 g/mol. The minimum Gasteiger partial charge on any atom is -0.474 e. The van der Waals surface area contributed by atoms with E-state index in [0.717, 1.165) is 24.8 Å². The van der Waals surface area contributed by atoms with Gasteiger partial charge in [-0.2, -0.15) is 4.98 Å². The van der Waals surface area contributed by atoms with Gasteiger partial charge in [-0.05, 0) is 51.4 Å². The van der Waals surface area contributed by atoms with Crippen LogP contribution in [0.4, 0.5) is 0 Å². The number of unbranched alkanes of at least 4 members (excludes halogenated alkanes) is 2. The Morgan fingerprint density at radius 1 is 1.09 bits per heavy atom. The number of carbonyl (C=O) groups excluding carboxylic acids is 3. The summed E-state index contributed by atoms with van der Waals surface area (Å²) in [4.78, 5) is 51.5. The summed E-state index contributed by atoms with van der Waals surface area (Å²) in [7, 11) is -2.09. The van der Waals surface area contributed by atoms with Crippen LogP contribution in [0.15, 0.2) is 67.9 Å². The number of sulfonamides is 1. The van der Waals surface area contributed by atoms with E-state index in [9.17, 15) is 22.8 Å². The lowest BCUT2D eigenvalue weighted by molar-refractivity contribution is -0.140. The van der Waals surface area contributed by atoms with Crippen LogP contribution in [0.1, 0.15) is 51.4 Å². The van der Waals surface area contributed by atoms with Crippen LogP contribution in [0, 0.1) is 17.8 Å². The summed E-state index contributed by atoms with van der Waals surface area (Å²) in [5, 5.41) is 2.25. The number of hydrogen-bond donors (Lipinski definition) is 2. The molecular weight excluding hydrogens is 594 g/mol. The Kier molecular flexibility index (Phi) is 9.71. The van der Waals surface area contributed by atoms with Crippen molar-refractivity contribution in [2.45, 2.75) is 68.3 Å². The van der Waals surface area contributed by atoms with Crippen LogP contribution in [0.3, 0.4) is 0 Å². The van der Waals surface area contributed by atoms with E-state index in [1.807, 2.05) is 36.4 Å². The highest BCUT2D eigenvalue weighted by Gasteiger charge is 2.62. The number of benzene rings is 1. The molecule has 2 aromatic rings. The SMILES string of the molecule is C=CCCCCN(C)C(=O)C1CC(Oc2ccnc(-c3ccccc3)n2)CC1C(=O)NC1(C(=O)NS(=O)(=O)C2CC2)CC1C=C. The third-order valence-electron chi connectivity index (χ3n) is 8.90. The quantitative estimate of drug-likeness (QED) is 0.224. The van der Waals surface area contributed by atoms with E-state index in [0.29, 0.717) is 31.1 Å². The average Bonchev–Trinajstić information content (AvgIpc) is 3.96. The maximum atomic E-state index is 13.9. The van der Waals surface area contributed by atoms with Gasteiger partial charge in [0.2, 0.25) is 27.7 Å². The van der Waals surface area contributed by atoms with Gasteiger partial charge in [-0.15, -0.1) is 13.2 Å². The summed E-state index contributed by atoms with van der Waals surface area (Å²) >= 11 is 0. The van der Waals surface area contributed by atoms with Crippen LogP contribution in [-0.4, -0.2) is 71.5 Å². The fraction of sp³-hybridized carbons (Fsp3) is 0.485. The fourth-order valence-electron chi connectivity index (χ4n) is 6.01. The summed E-state index contributed by atoms with van der Waals surface area (Å²) in [6.07, 6.45) is 8.74. The lowest BCUT2D eigenvalue weighted by atomic mass is 9.93. The molecule has 0 aliphatic heterocycles. The van der Waals surface area contributed by atoms with Crippen LogP contribution >= 0.6 is 0 Å². The van der Waals surface area contributed by atoms with E-state index in [-0.39, 0.29) is 25.2 Å². The lowest BCUT2D eigenvalue weighted by Gasteiger charge is -2.26. The van der Waals surface area contributed by atoms with Gasteiger partial charge in [0.1, 0.15) is 11.6 Å². The van der Waals surface area contributed by atoms with Gasteiger partial charge in [-0.3, -0.25) is 19.1 Å². The Labute approximate surface area is 264 Å². The molecule has 11 nitrogen and oxygen atoms in total. The van der Waals surface area contributed by atoms with Gasteiger partial charge < -0.3 is 15.0 Å². The summed E-state index contributed by atoms with van der Waals surface area (Å²) in [5.41, 5.74) is -0.604. The Morgan fingerprint density at radius 3 is 2.49 bits per heavy atom. The molecule has 0 bridgehead atoms. The Morgan fingerprint density at radius 2 is 1.82 bits per heavy atom. The van der Waals surface area contributed by atoms with Crippen LogP contribution in [0.2, 0.25) is 0 Å². The van der Waals surface area contributed by atoms with Crippen LogP contribution in [0.5, 0.6) is 5.88 Å². The number of ether oxygens (including phenoxy) is 1. The van der Waals surface area contributed by atoms with Crippen molar-refractivity contribution in [1.29, 1.82) is 0 Å². The first-order valence-corrected chi connectivity index (χ1v) is 17.0. The summed E-state index contributed by atoms with van der Waals surface area (Å²) < 4.78 is 33.5. The summed E-state index contributed by atoms with van der Waals surface area (Å²) in [6.45, 7) is 8.04. The molecule has 12 heteroatoms. The molecule has 3 amide bonds. The second kappa shape index (κ2) is 13.5. The number of allylic oxidation sites excluding steroid dienone is 1. The third-order valence-corrected chi connectivity index (χ3v) is 10.7. The molecule has 45 heavy (non-hydrogen) atoms. The molecule has 3 aliphatic rings. The average molecular weight is 636 g/mol. The van der Waals surface area contributed by atoms with E-state index in [1.54, 1.807) is 30.3 Å². The second-order valence-electron chi connectivity index (χ2n) is 12.2. The van der Waals surface area contributed by atoms with E-state index in [1.165, 1.54) is 0 Å². The molecule has 0 radical (unpaired) electrons. The van der Waals surface area contributed by atoms with Gasteiger partial charge in [-0.1, -0.05) is 42.5 Å². The van der Waals surface area contributed by atoms with Gasteiger partial charge in [-0.25, -0.2) is 13.4 Å². The first kappa shape index (κ1) is 32.3. The molecule has 5 unspecified atom stereocenters. The van der Waals surface area contributed by atoms with Crippen molar-refractivity contribution in [1.82, 2.24) is 24.9 Å². The molecule has 3 saturated carbocycles. The van der Waals surface area contributed by atoms with Crippen molar-refractivity contribution in [2.75, 3.05) is 13.6 Å². The van der Waals surface area contributed by atoms with E-state index in [2.05, 4.69) is 33.2 Å². The molecule has 0 spiro atoms. The van der Waals surface area contributed by atoms with Crippen molar-refractivity contribution in [2.24, 2.45) is 17.8 Å². The van der Waals surface area contributed by atoms with Gasteiger partial charge in [0.25, 0.3) is 5.91 Å². The molecule has 5 rings (SSSR count). The zero-order valence-electron chi connectivity index (χ0n) is 25.6. The molecule has 1 aromatic heterocycles. The van der Waals surface area contributed by atoms with Crippen molar-refractivity contribution < 1.29 is 27.5 Å². The predicted molar refractivity (Wildman–Crippen MR) is 169 cm³/mol. The van der Waals surface area contributed by atoms with Crippen LogP contribution in [0.25, 0.3) is 11.4 Å². The van der Waals surface area contributed by atoms with Crippen molar-refractivity contribution >= 4 is 27.7 Å². The predicted octanol–water partition coefficient (Wildman–Crippen LogP) is 3.40. The van der Waals surface area contributed by atoms with Crippen molar-refractivity contribution in [3.8, 4) is 17.3 Å². The first-order valence-electron chi connectivity index (χ1n) is 15.5. The number of nitrogens with one attached hydrogen (secondary N) is 2. The maximum Gasteiger partial charge on any atom is 0.259 e. The molecule has 3 aliphatic carbocycles. The smallest absolute Gasteiger partial charge is 0.259 e. The van der Waals surface area contributed by atoms with Gasteiger partial charge in [0, 0.05) is 37.3 Å². The topological polar surface area (TPSA) is 148 Å². The number of carbonyl (C=O) groups is 3. The normalized spacial score (nSPS) is 25.5. The number of nitrogens with zero attached hydrogens (tertiary/aromatic N) is 3. The molecule has 1 heterocycles. The Bertz CT molecular complexity index is 1550. The first-order chi connectivity index (χ1) is 21.6. The fourth-order valence-corrected chi connectivity index (χ4v) is 7.38. The van der Waals surface area contributed by atoms with Gasteiger partial charge in [0.05, 0.1) is 17.1 Å². The number of hydrogen-bond acceptors (Lipinski definition) is 8. The van der Waals surface area contributed by atoms with E-state index < -0.39 is 56.5 Å². The minimum atomic E-state index is -3.82. The largest absolute Gasteiger partial charge is 0.474 e.